The van der Waals surface area contributed by atoms with Gasteiger partial charge in [0.1, 0.15) is 6.07 Å². The largest absolute Gasteiger partial charge is 0.481 e. The van der Waals surface area contributed by atoms with Gasteiger partial charge in [0.15, 0.2) is 0 Å². The second-order valence-corrected chi connectivity index (χ2v) is 4.87. The lowest BCUT2D eigenvalue weighted by atomic mass is 9.92. The first-order chi connectivity index (χ1) is 9.20. The van der Waals surface area contributed by atoms with Crippen LogP contribution in [0.15, 0.2) is 18.5 Å². The van der Waals surface area contributed by atoms with Crippen molar-refractivity contribution in [3.63, 3.8) is 0 Å². The number of carboxylic acids is 1. The minimum Gasteiger partial charge on any atom is -0.481 e. The van der Waals surface area contributed by atoms with Gasteiger partial charge in [-0.15, -0.1) is 0 Å². The van der Waals surface area contributed by atoms with Crippen molar-refractivity contribution in [2.75, 3.05) is 18.0 Å². The molecular weight excluding hydrogens is 242 g/mol. The van der Waals surface area contributed by atoms with Gasteiger partial charge in [-0.3, -0.25) is 9.78 Å². The Labute approximate surface area is 112 Å². The van der Waals surface area contributed by atoms with Crippen LogP contribution >= 0.6 is 0 Å². The fraction of sp³-hybridized carbons (Fsp3) is 0.500. The van der Waals surface area contributed by atoms with Crippen molar-refractivity contribution in [1.82, 2.24) is 4.98 Å². The summed E-state index contributed by atoms with van der Waals surface area (Å²) in [4.78, 5) is 16.8. The van der Waals surface area contributed by atoms with Crippen molar-refractivity contribution in [2.45, 2.75) is 25.7 Å². The molecule has 5 heteroatoms. The van der Waals surface area contributed by atoms with Gasteiger partial charge in [-0.05, 0) is 31.2 Å². The average Bonchev–Trinajstić information content (AvgIpc) is 2.45. The fourth-order valence-corrected chi connectivity index (χ4v) is 2.52. The molecule has 1 N–H and O–H groups in total. The molecule has 5 nitrogen and oxygen atoms in total. The van der Waals surface area contributed by atoms with Crippen LogP contribution in [0.4, 0.5) is 5.69 Å². The van der Waals surface area contributed by atoms with Gasteiger partial charge in [-0.1, -0.05) is 0 Å². The van der Waals surface area contributed by atoms with Crippen molar-refractivity contribution in [3.05, 3.63) is 24.0 Å². The summed E-state index contributed by atoms with van der Waals surface area (Å²) >= 11 is 0. The Bertz CT molecular complexity index is 488. The number of nitrogens with zero attached hydrogens (tertiary/aromatic N) is 3. The van der Waals surface area contributed by atoms with Gasteiger partial charge in [0.25, 0.3) is 0 Å². The molecule has 2 rings (SSSR count). The van der Waals surface area contributed by atoms with Crippen LogP contribution in [0.5, 0.6) is 0 Å². The molecule has 2 heterocycles. The van der Waals surface area contributed by atoms with E-state index < -0.39 is 5.97 Å². The van der Waals surface area contributed by atoms with Crippen LogP contribution in [0.2, 0.25) is 0 Å². The summed E-state index contributed by atoms with van der Waals surface area (Å²) in [7, 11) is 0. The number of piperidine rings is 1. The zero-order valence-electron chi connectivity index (χ0n) is 10.7. The predicted octanol–water partition coefficient (Wildman–Crippen LogP) is 2.03. The second-order valence-electron chi connectivity index (χ2n) is 4.87. The minimum atomic E-state index is -0.721. The number of hydrogen-bond acceptors (Lipinski definition) is 4. The van der Waals surface area contributed by atoms with Gasteiger partial charge >= 0.3 is 5.97 Å². The maximum atomic E-state index is 10.6. The quantitative estimate of drug-likeness (QED) is 0.895. The average molecular weight is 259 g/mol. The third-order valence-electron chi connectivity index (χ3n) is 3.64. The minimum absolute atomic E-state index is 0.251. The van der Waals surface area contributed by atoms with Gasteiger partial charge in [0.2, 0.25) is 0 Å². The lowest BCUT2D eigenvalue weighted by molar-refractivity contribution is -0.137. The number of anilines is 1. The first-order valence-corrected chi connectivity index (χ1v) is 6.51. The van der Waals surface area contributed by atoms with Gasteiger partial charge in [0, 0.05) is 25.7 Å². The Balaban J connectivity index is 1.93. The van der Waals surface area contributed by atoms with Crippen molar-refractivity contribution < 1.29 is 9.90 Å². The Kier molecular flexibility index (Phi) is 4.35. The van der Waals surface area contributed by atoms with Crippen LogP contribution in [-0.2, 0) is 4.79 Å². The van der Waals surface area contributed by atoms with Crippen LogP contribution in [-0.4, -0.2) is 29.1 Å². The Morgan fingerprint density at radius 2 is 2.26 bits per heavy atom. The molecule has 0 spiro atoms. The molecule has 1 aliphatic rings. The molecule has 0 saturated carbocycles. The van der Waals surface area contributed by atoms with E-state index in [2.05, 4.69) is 16.0 Å². The van der Waals surface area contributed by atoms with Crippen molar-refractivity contribution in [2.24, 2.45) is 5.92 Å². The number of aliphatic carboxylic acids is 1. The molecule has 1 aromatic heterocycles. The van der Waals surface area contributed by atoms with Gasteiger partial charge in [-0.25, -0.2) is 0 Å². The van der Waals surface area contributed by atoms with E-state index in [4.69, 9.17) is 10.4 Å². The van der Waals surface area contributed by atoms with Crippen molar-refractivity contribution in [1.29, 1.82) is 5.26 Å². The number of pyridine rings is 1. The highest BCUT2D eigenvalue weighted by Gasteiger charge is 2.21. The zero-order chi connectivity index (χ0) is 13.7. The molecular formula is C14H17N3O2. The molecule has 0 aromatic carbocycles. The highest BCUT2D eigenvalue weighted by atomic mass is 16.4. The third-order valence-corrected chi connectivity index (χ3v) is 3.64. The van der Waals surface area contributed by atoms with E-state index in [1.54, 1.807) is 18.5 Å². The van der Waals surface area contributed by atoms with E-state index in [9.17, 15) is 4.79 Å². The zero-order valence-corrected chi connectivity index (χ0v) is 10.7. The molecule has 100 valence electrons. The highest BCUT2D eigenvalue weighted by Crippen LogP contribution is 2.27. The van der Waals surface area contributed by atoms with Crippen molar-refractivity contribution >= 4 is 11.7 Å². The number of rotatable bonds is 4. The number of aromatic nitrogens is 1. The van der Waals surface area contributed by atoms with Crippen LogP contribution in [0.25, 0.3) is 0 Å². The Morgan fingerprint density at radius 1 is 1.53 bits per heavy atom. The van der Waals surface area contributed by atoms with E-state index in [0.717, 1.165) is 38.0 Å². The maximum absolute atomic E-state index is 10.6. The predicted molar refractivity (Wildman–Crippen MR) is 70.8 cm³/mol. The SMILES string of the molecule is N#Cc1ccncc1N1CCC(CCC(=O)O)CC1. The van der Waals surface area contributed by atoms with E-state index in [1.807, 2.05) is 0 Å². The number of carboxylic acid groups (broad SMARTS) is 1. The fourth-order valence-electron chi connectivity index (χ4n) is 2.52. The molecule has 0 unspecified atom stereocenters. The first-order valence-electron chi connectivity index (χ1n) is 6.51. The topological polar surface area (TPSA) is 77.2 Å². The Morgan fingerprint density at radius 3 is 2.89 bits per heavy atom. The molecule has 0 atom stereocenters. The van der Waals surface area contributed by atoms with Crippen LogP contribution < -0.4 is 4.90 Å². The second kappa shape index (κ2) is 6.19. The summed E-state index contributed by atoms with van der Waals surface area (Å²) in [5, 5.41) is 17.8. The summed E-state index contributed by atoms with van der Waals surface area (Å²) in [6, 6.07) is 3.91. The molecule has 0 radical (unpaired) electrons. The van der Waals surface area contributed by atoms with Crippen LogP contribution in [0.3, 0.4) is 0 Å². The third kappa shape index (κ3) is 3.44. The van der Waals surface area contributed by atoms with Crippen molar-refractivity contribution in [3.8, 4) is 6.07 Å². The molecule has 1 aliphatic heterocycles. The molecule has 1 aromatic rings. The summed E-state index contributed by atoms with van der Waals surface area (Å²) in [6.45, 7) is 1.73. The monoisotopic (exact) mass is 259 g/mol. The van der Waals surface area contributed by atoms with E-state index in [0.29, 0.717) is 11.5 Å². The molecule has 1 saturated heterocycles. The van der Waals surface area contributed by atoms with E-state index >= 15 is 0 Å². The number of hydrogen-bond donors (Lipinski definition) is 1. The number of nitriles is 1. The van der Waals surface area contributed by atoms with Crippen LogP contribution in [0, 0.1) is 17.2 Å². The smallest absolute Gasteiger partial charge is 0.303 e. The normalized spacial score (nSPS) is 16.1. The van der Waals surface area contributed by atoms with Gasteiger partial charge in [0.05, 0.1) is 17.4 Å². The summed E-state index contributed by atoms with van der Waals surface area (Å²) in [5.74, 6) is -0.240. The lowest BCUT2D eigenvalue weighted by Crippen LogP contribution is -2.34. The standard InChI is InChI=1S/C14H17N3O2/c15-9-12-3-6-16-10-13(12)17-7-4-11(5-8-17)1-2-14(18)19/h3,6,10-11H,1-2,4-5,7-8H2,(H,18,19). The first kappa shape index (κ1) is 13.3. The summed E-state index contributed by atoms with van der Waals surface area (Å²) in [5.41, 5.74) is 1.54. The summed E-state index contributed by atoms with van der Waals surface area (Å²) < 4.78 is 0. The molecule has 0 bridgehead atoms. The molecule has 0 aliphatic carbocycles. The Hall–Kier alpha value is -2.09. The lowest BCUT2D eigenvalue weighted by Gasteiger charge is -2.33. The highest BCUT2D eigenvalue weighted by molar-refractivity contribution is 5.66. The van der Waals surface area contributed by atoms with Gasteiger partial charge < -0.3 is 10.0 Å². The summed E-state index contributed by atoms with van der Waals surface area (Å²) in [6.07, 6.45) is 6.32. The van der Waals surface area contributed by atoms with Gasteiger partial charge in [-0.2, -0.15) is 5.26 Å². The molecule has 0 amide bonds. The molecule has 1 fully saturated rings. The van der Waals surface area contributed by atoms with Crippen LogP contribution in [0.1, 0.15) is 31.2 Å². The van der Waals surface area contributed by atoms with E-state index in [-0.39, 0.29) is 6.42 Å². The number of carbonyl (C=O) groups is 1. The molecule has 19 heavy (non-hydrogen) atoms. The van der Waals surface area contributed by atoms with E-state index in [1.165, 1.54) is 0 Å². The maximum Gasteiger partial charge on any atom is 0.303 e.